The van der Waals surface area contributed by atoms with Crippen LogP contribution in [0.25, 0.3) is 0 Å². The van der Waals surface area contributed by atoms with Crippen LogP contribution in [-0.4, -0.2) is 28.7 Å². The summed E-state index contributed by atoms with van der Waals surface area (Å²) in [5.41, 5.74) is 7.31. The van der Waals surface area contributed by atoms with Gasteiger partial charge in [0.25, 0.3) is 0 Å². The maximum absolute atomic E-state index is 6.17. The standard InChI is InChI=1S/C14H24N4/c1-4-7-17-9-12(5-2)16-14(17)18-8-6-11(3)13(15)10-18/h4,9,11,13H,1,5-8,10,15H2,2-3H3. The van der Waals surface area contributed by atoms with Crippen molar-refractivity contribution in [3.8, 4) is 0 Å². The fraction of sp³-hybridized carbons (Fsp3) is 0.643. The molecule has 1 aromatic rings. The van der Waals surface area contributed by atoms with Gasteiger partial charge in [-0.15, -0.1) is 6.58 Å². The molecule has 0 radical (unpaired) electrons. The quantitative estimate of drug-likeness (QED) is 0.827. The highest BCUT2D eigenvalue weighted by molar-refractivity contribution is 5.35. The van der Waals surface area contributed by atoms with E-state index in [1.165, 1.54) is 0 Å². The van der Waals surface area contributed by atoms with E-state index in [0.717, 1.165) is 44.1 Å². The van der Waals surface area contributed by atoms with E-state index < -0.39 is 0 Å². The van der Waals surface area contributed by atoms with Crippen LogP contribution in [0.1, 0.15) is 26.0 Å². The molecule has 0 bridgehead atoms. The van der Waals surface area contributed by atoms with E-state index in [-0.39, 0.29) is 6.04 Å². The van der Waals surface area contributed by atoms with Crippen molar-refractivity contribution >= 4 is 5.95 Å². The molecule has 2 unspecified atom stereocenters. The molecule has 0 spiro atoms. The molecule has 0 saturated carbocycles. The lowest BCUT2D eigenvalue weighted by Gasteiger charge is -2.35. The van der Waals surface area contributed by atoms with Gasteiger partial charge in [0, 0.05) is 31.9 Å². The number of nitrogens with zero attached hydrogens (tertiary/aromatic N) is 3. The largest absolute Gasteiger partial charge is 0.341 e. The number of allylic oxidation sites excluding steroid dienone is 1. The zero-order chi connectivity index (χ0) is 13.1. The number of aryl methyl sites for hydroxylation is 1. The van der Waals surface area contributed by atoms with Crippen LogP contribution < -0.4 is 10.6 Å². The Morgan fingerprint density at radius 2 is 2.39 bits per heavy atom. The lowest BCUT2D eigenvalue weighted by atomic mass is 9.94. The first-order valence-electron chi connectivity index (χ1n) is 6.83. The maximum atomic E-state index is 6.17. The Hall–Kier alpha value is -1.29. The number of anilines is 1. The van der Waals surface area contributed by atoms with Crippen LogP contribution in [0.5, 0.6) is 0 Å². The molecule has 1 aliphatic heterocycles. The van der Waals surface area contributed by atoms with E-state index in [1.807, 2.05) is 6.08 Å². The van der Waals surface area contributed by atoms with Gasteiger partial charge in [-0.3, -0.25) is 0 Å². The monoisotopic (exact) mass is 248 g/mol. The van der Waals surface area contributed by atoms with E-state index in [4.69, 9.17) is 10.7 Å². The number of nitrogens with two attached hydrogens (primary N) is 1. The van der Waals surface area contributed by atoms with Crippen LogP contribution in [0.15, 0.2) is 18.9 Å². The molecule has 18 heavy (non-hydrogen) atoms. The molecule has 0 aromatic carbocycles. The molecule has 1 fully saturated rings. The van der Waals surface area contributed by atoms with E-state index in [9.17, 15) is 0 Å². The third-order valence-corrected chi connectivity index (χ3v) is 3.79. The van der Waals surface area contributed by atoms with Gasteiger partial charge in [-0.05, 0) is 18.8 Å². The molecule has 4 nitrogen and oxygen atoms in total. The molecular weight excluding hydrogens is 224 g/mol. The molecule has 0 aliphatic carbocycles. The normalized spacial score (nSPS) is 24.3. The van der Waals surface area contributed by atoms with Crippen LogP contribution in [0.4, 0.5) is 5.95 Å². The first kappa shape index (κ1) is 13.1. The highest BCUT2D eigenvalue weighted by atomic mass is 15.3. The average Bonchev–Trinajstić information content (AvgIpc) is 2.76. The topological polar surface area (TPSA) is 47.1 Å². The lowest BCUT2D eigenvalue weighted by molar-refractivity contribution is 0.374. The number of aromatic nitrogens is 2. The Bertz CT molecular complexity index is 410. The summed E-state index contributed by atoms with van der Waals surface area (Å²) in [6, 6.07) is 0.248. The lowest BCUT2D eigenvalue weighted by Crippen LogP contribution is -2.48. The maximum Gasteiger partial charge on any atom is 0.206 e. The van der Waals surface area contributed by atoms with E-state index >= 15 is 0 Å². The van der Waals surface area contributed by atoms with Crippen LogP contribution in [-0.2, 0) is 13.0 Å². The number of hydrogen-bond acceptors (Lipinski definition) is 3. The Morgan fingerprint density at radius 3 is 3.00 bits per heavy atom. The molecule has 0 amide bonds. The molecule has 2 heterocycles. The molecule has 2 rings (SSSR count). The van der Waals surface area contributed by atoms with Gasteiger partial charge in [0.05, 0.1) is 5.69 Å². The van der Waals surface area contributed by atoms with Gasteiger partial charge in [-0.2, -0.15) is 0 Å². The third kappa shape index (κ3) is 2.58. The molecule has 2 atom stereocenters. The summed E-state index contributed by atoms with van der Waals surface area (Å²) in [4.78, 5) is 7.03. The van der Waals surface area contributed by atoms with Gasteiger partial charge in [-0.1, -0.05) is 19.9 Å². The summed E-state index contributed by atoms with van der Waals surface area (Å²) < 4.78 is 2.18. The molecular formula is C14H24N4. The number of imidazole rings is 1. The van der Waals surface area contributed by atoms with Crippen LogP contribution >= 0.6 is 0 Å². The average molecular weight is 248 g/mol. The minimum Gasteiger partial charge on any atom is -0.341 e. The molecule has 100 valence electrons. The summed E-state index contributed by atoms with van der Waals surface area (Å²) in [5, 5.41) is 0. The predicted molar refractivity (Wildman–Crippen MR) is 75.8 cm³/mol. The number of hydrogen-bond donors (Lipinski definition) is 1. The first-order chi connectivity index (χ1) is 8.65. The Balaban J connectivity index is 2.20. The highest BCUT2D eigenvalue weighted by Crippen LogP contribution is 2.22. The van der Waals surface area contributed by atoms with Crippen molar-refractivity contribution in [1.29, 1.82) is 0 Å². The minimum atomic E-state index is 0.248. The van der Waals surface area contributed by atoms with E-state index in [0.29, 0.717) is 5.92 Å². The van der Waals surface area contributed by atoms with Gasteiger partial charge in [-0.25, -0.2) is 4.98 Å². The molecule has 1 aromatic heterocycles. The van der Waals surface area contributed by atoms with Crippen molar-refractivity contribution in [3.05, 3.63) is 24.5 Å². The van der Waals surface area contributed by atoms with Crippen molar-refractivity contribution in [3.63, 3.8) is 0 Å². The number of piperidine rings is 1. The fourth-order valence-electron chi connectivity index (χ4n) is 2.44. The van der Waals surface area contributed by atoms with Crippen molar-refractivity contribution in [2.75, 3.05) is 18.0 Å². The first-order valence-corrected chi connectivity index (χ1v) is 6.83. The van der Waals surface area contributed by atoms with Crippen LogP contribution in [0.3, 0.4) is 0 Å². The second kappa shape index (κ2) is 5.57. The van der Waals surface area contributed by atoms with Crippen LogP contribution in [0, 0.1) is 5.92 Å². The predicted octanol–water partition coefficient (Wildman–Crippen LogP) is 1.80. The summed E-state index contributed by atoms with van der Waals surface area (Å²) in [6.45, 7) is 10.9. The molecule has 1 saturated heterocycles. The minimum absolute atomic E-state index is 0.248. The SMILES string of the molecule is C=CCn1cc(CC)nc1N1CCC(C)C(N)C1. The summed E-state index contributed by atoms with van der Waals surface area (Å²) in [5.74, 6) is 1.66. The van der Waals surface area contributed by atoms with Crippen molar-refractivity contribution in [1.82, 2.24) is 9.55 Å². The number of rotatable bonds is 4. The van der Waals surface area contributed by atoms with E-state index in [1.54, 1.807) is 0 Å². The Morgan fingerprint density at radius 1 is 1.61 bits per heavy atom. The van der Waals surface area contributed by atoms with Gasteiger partial charge in [0.1, 0.15) is 0 Å². The summed E-state index contributed by atoms with van der Waals surface area (Å²) in [7, 11) is 0. The molecule has 2 N–H and O–H groups in total. The molecule has 4 heteroatoms. The Labute approximate surface area is 109 Å². The zero-order valence-corrected chi connectivity index (χ0v) is 11.5. The van der Waals surface area contributed by atoms with E-state index in [2.05, 4.69) is 36.1 Å². The second-order valence-corrected chi connectivity index (χ2v) is 5.20. The second-order valence-electron chi connectivity index (χ2n) is 5.20. The van der Waals surface area contributed by atoms with Crippen molar-refractivity contribution in [2.24, 2.45) is 11.7 Å². The summed E-state index contributed by atoms with van der Waals surface area (Å²) >= 11 is 0. The van der Waals surface area contributed by atoms with Crippen molar-refractivity contribution in [2.45, 2.75) is 39.3 Å². The highest BCUT2D eigenvalue weighted by Gasteiger charge is 2.25. The van der Waals surface area contributed by atoms with Crippen LogP contribution in [0.2, 0.25) is 0 Å². The van der Waals surface area contributed by atoms with Gasteiger partial charge in [0.15, 0.2) is 0 Å². The molecule has 1 aliphatic rings. The fourth-order valence-corrected chi connectivity index (χ4v) is 2.44. The van der Waals surface area contributed by atoms with Gasteiger partial charge < -0.3 is 15.2 Å². The zero-order valence-electron chi connectivity index (χ0n) is 11.5. The third-order valence-electron chi connectivity index (χ3n) is 3.79. The van der Waals surface area contributed by atoms with Gasteiger partial charge in [0.2, 0.25) is 5.95 Å². The summed E-state index contributed by atoms with van der Waals surface area (Å²) in [6.07, 6.45) is 6.15. The smallest absolute Gasteiger partial charge is 0.206 e. The van der Waals surface area contributed by atoms with Gasteiger partial charge >= 0.3 is 0 Å². The van der Waals surface area contributed by atoms with Crippen molar-refractivity contribution < 1.29 is 0 Å². The Kier molecular flexibility index (Phi) is 4.07.